The Morgan fingerprint density at radius 1 is 1.12 bits per heavy atom. The number of rotatable bonds is 4. The fourth-order valence-corrected chi connectivity index (χ4v) is 2.83. The van der Waals surface area contributed by atoms with Gasteiger partial charge in [0.15, 0.2) is 5.78 Å². The van der Waals surface area contributed by atoms with Gasteiger partial charge in [-0.2, -0.15) is 13.2 Å². The average molecular weight is 352 g/mol. The van der Waals surface area contributed by atoms with Gasteiger partial charge in [0, 0.05) is 24.8 Å². The molecule has 0 saturated heterocycles. The molecule has 0 aliphatic heterocycles. The minimum atomic E-state index is -4.39. The second-order valence-corrected chi connectivity index (χ2v) is 6.04. The van der Waals surface area contributed by atoms with Gasteiger partial charge in [0.05, 0.1) is 5.56 Å². The fraction of sp³-hybridized carbons (Fsp3) is 0.333. The molecule has 0 radical (unpaired) electrons. The van der Waals surface area contributed by atoms with Crippen LogP contribution in [0.4, 0.5) is 13.2 Å². The number of nitrogens with one attached hydrogen (secondary N) is 1. The van der Waals surface area contributed by atoms with E-state index in [1.807, 2.05) is 0 Å². The number of halogens is 3. The van der Waals surface area contributed by atoms with Crippen LogP contribution in [-0.4, -0.2) is 28.6 Å². The van der Waals surface area contributed by atoms with E-state index in [0.29, 0.717) is 28.1 Å². The van der Waals surface area contributed by atoms with Crippen molar-refractivity contribution in [2.24, 2.45) is 0 Å². The summed E-state index contributed by atoms with van der Waals surface area (Å²) >= 11 is 0. The summed E-state index contributed by atoms with van der Waals surface area (Å²) in [6.07, 6.45) is -4.39. The van der Waals surface area contributed by atoms with Crippen LogP contribution in [0.1, 0.15) is 50.2 Å². The van der Waals surface area contributed by atoms with Crippen molar-refractivity contribution < 1.29 is 22.8 Å². The average Bonchev–Trinajstić information content (AvgIpc) is 2.80. The van der Waals surface area contributed by atoms with Gasteiger partial charge in [-0.3, -0.25) is 9.59 Å². The Hall–Kier alpha value is -2.57. The quantitative estimate of drug-likeness (QED) is 0.842. The van der Waals surface area contributed by atoms with E-state index in [1.54, 1.807) is 20.9 Å². The van der Waals surface area contributed by atoms with E-state index >= 15 is 0 Å². The van der Waals surface area contributed by atoms with Crippen LogP contribution in [0.2, 0.25) is 0 Å². The Labute approximate surface area is 143 Å². The third-order valence-electron chi connectivity index (χ3n) is 4.05. The normalized spacial score (nSPS) is 11.5. The molecule has 1 aromatic carbocycles. The van der Waals surface area contributed by atoms with Crippen molar-refractivity contribution in [2.75, 3.05) is 7.05 Å². The third-order valence-corrected chi connectivity index (χ3v) is 4.05. The lowest BCUT2D eigenvalue weighted by molar-refractivity contribution is -0.137. The largest absolute Gasteiger partial charge is 0.416 e. The molecule has 0 aliphatic rings. The number of Topliss-reactive ketones (excluding diaryl/α,β-unsaturated/α-hetero) is 1. The summed E-state index contributed by atoms with van der Waals surface area (Å²) in [5.41, 5.74) is 1.86. The van der Waals surface area contributed by atoms with Crippen molar-refractivity contribution in [3.8, 4) is 0 Å². The van der Waals surface area contributed by atoms with Gasteiger partial charge in [0.1, 0.15) is 5.69 Å². The fourth-order valence-electron chi connectivity index (χ4n) is 2.83. The molecule has 2 aromatic rings. The number of amides is 1. The molecule has 0 aliphatic carbocycles. The number of H-pyrrole nitrogens is 1. The minimum Gasteiger partial charge on any atom is -0.354 e. The van der Waals surface area contributed by atoms with Gasteiger partial charge in [0.25, 0.3) is 5.91 Å². The Morgan fingerprint density at radius 3 is 2.12 bits per heavy atom. The molecule has 1 amide bonds. The Kier molecular flexibility index (Phi) is 5.06. The van der Waals surface area contributed by atoms with Gasteiger partial charge in [-0.25, -0.2) is 0 Å². The van der Waals surface area contributed by atoms with Gasteiger partial charge < -0.3 is 9.88 Å². The zero-order valence-corrected chi connectivity index (χ0v) is 14.4. The second-order valence-electron chi connectivity index (χ2n) is 6.04. The van der Waals surface area contributed by atoms with Crippen LogP contribution in [-0.2, 0) is 12.7 Å². The lowest BCUT2D eigenvalue weighted by Gasteiger charge is -2.17. The number of carbonyl (C=O) groups excluding carboxylic acids is 2. The summed E-state index contributed by atoms with van der Waals surface area (Å²) in [4.78, 5) is 28.6. The molecule has 0 fully saturated rings. The molecule has 0 atom stereocenters. The van der Waals surface area contributed by atoms with Crippen LogP contribution in [0.25, 0.3) is 0 Å². The number of benzene rings is 1. The predicted octanol–water partition coefficient (Wildman–Crippen LogP) is 4.13. The first-order valence-corrected chi connectivity index (χ1v) is 7.64. The molecule has 0 unspecified atom stereocenters. The number of nitrogens with zero attached hydrogens (tertiary/aromatic N) is 1. The first-order chi connectivity index (χ1) is 11.5. The van der Waals surface area contributed by atoms with E-state index in [9.17, 15) is 22.8 Å². The molecule has 1 heterocycles. The van der Waals surface area contributed by atoms with Crippen LogP contribution < -0.4 is 0 Å². The number of hydrogen-bond acceptors (Lipinski definition) is 2. The summed E-state index contributed by atoms with van der Waals surface area (Å²) in [6, 6.07) is 4.68. The lowest BCUT2D eigenvalue weighted by Crippen LogP contribution is -2.27. The molecule has 0 saturated carbocycles. The minimum absolute atomic E-state index is 0.129. The highest BCUT2D eigenvalue weighted by atomic mass is 19.4. The highest BCUT2D eigenvalue weighted by Gasteiger charge is 2.30. The van der Waals surface area contributed by atoms with E-state index in [0.717, 1.165) is 12.1 Å². The lowest BCUT2D eigenvalue weighted by atomic mass is 10.1. The maximum Gasteiger partial charge on any atom is 0.416 e. The zero-order valence-electron chi connectivity index (χ0n) is 14.4. The summed E-state index contributed by atoms with van der Waals surface area (Å²) in [5.74, 6) is -0.455. The van der Waals surface area contributed by atoms with Crippen LogP contribution in [0, 0.1) is 13.8 Å². The van der Waals surface area contributed by atoms with Crippen LogP contribution in [0.15, 0.2) is 24.3 Å². The summed E-state index contributed by atoms with van der Waals surface area (Å²) < 4.78 is 37.8. The van der Waals surface area contributed by atoms with Crippen molar-refractivity contribution in [3.63, 3.8) is 0 Å². The van der Waals surface area contributed by atoms with Crippen molar-refractivity contribution >= 4 is 11.7 Å². The maximum atomic E-state index is 12.6. The molecule has 7 heteroatoms. The number of ketones is 1. The Morgan fingerprint density at radius 2 is 1.68 bits per heavy atom. The molecule has 2 rings (SSSR count). The maximum absolute atomic E-state index is 12.6. The number of aryl methyl sites for hydroxylation is 1. The standard InChI is InChI=1S/C18H19F3N2O2/c1-10-15(12(3)24)11(2)22-16(10)17(25)23(4)9-13-5-7-14(8-6-13)18(19,20)21/h5-8,22H,9H2,1-4H3. The number of carbonyl (C=O) groups is 2. The molecular formula is C18H19F3N2O2. The van der Waals surface area contributed by atoms with Gasteiger partial charge >= 0.3 is 6.18 Å². The summed E-state index contributed by atoms with van der Waals surface area (Å²) in [5, 5.41) is 0. The van der Waals surface area contributed by atoms with Crippen molar-refractivity contribution in [3.05, 3.63) is 57.9 Å². The van der Waals surface area contributed by atoms with Gasteiger partial charge in [-0.15, -0.1) is 0 Å². The monoisotopic (exact) mass is 352 g/mol. The smallest absolute Gasteiger partial charge is 0.354 e. The summed E-state index contributed by atoms with van der Waals surface area (Å²) in [7, 11) is 1.56. The molecule has 1 N–H and O–H groups in total. The second kappa shape index (κ2) is 6.74. The Bertz CT molecular complexity index is 805. The van der Waals surface area contributed by atoms with Gasteiger partial charge in [-0.1, -0.05) is 12.1 Å². The van der Waals surface area contributed by atoms with Crippen molar-refractivity contribution in [1.29, 1.82) is 0 Å². The topological polar surface area (TPSA) is 53.2 Å². The van der Waals surface area contributed by atoms with Crippen LogP contribution in [0.3, 0.4) is 0 Å². The van der Waals surface area contributed by atoms with Crippen LogP contribution >= 0.6 is 0 Å². The molecule has 0 bridgehead atoms. The molecular weight excluding hydrogens is 333 g/mol. The SMILES string of the molecule is CC(=O)c1c(C)[nH]c(C(=O)N(C)Cc2ccc(C(F)(F)F)cc2)c1C. The number of aromatic nitrogens is 1. The van der Waals surface area contributed by atoms with E-state index in [1.165, 1.54) is 24.0 Å². The van der Waals surface area contributed by atoms with Crippen molar-refractivity contribution in [1.82, 2.24) is 9.88 Å². The van der Waals surface area contributed by atoms with E-state index in [2.05, 4.69) is 4.98 Å². The molecule has 134 valence electrons. The molecule has 1 aromatic heterocycles. The number of alkyl halides is 3. The number of hydrogen-bond donors (Lipinski definition) is 1. The molecule has 0 spiro atoms. The molecule has 4 nitrogen and oxygen atoms in total. The van der Waals surface area contributed by atoms with Crippen LogP contribution in [0.5, 0.6) is 0 Å². The van der Waals surface area contributed by atoms with E-state index < -0.39 is 11.7 Å². The summed E-state index contributed by atoms with van der Waals surface area (Å²) in [6.45, 7) is 5.00. The molecule has 25 heavy (non-hydrogen) atoms. The predicted molar refractivity (Wildman–Crippen MR) is 87.5 cm³/mol. The van der Waals surface area contributed by atoms with Gasteiger partial charge in [-0.05, 0) is 44.0 Å². The highest BCUT2D eigenvalue weighted by Crippen LogP contribution is 2.29. The third kappa shape index (κ3) is 3.92. The Balaban J connectivity index is 2.19. The van der Waals surface area contributed by atoms with E-state index in [4.69, 9.17) is 0 Å². The highest BCUT2D eigenvalue weighted by molar-refractivity contribution is 6.02. The first-order valence-electron chi connectivity index (χ1n) is 7.64. The van der Waals surface area contributed by atoms with Gasteiger partial charge in [0.2, 0.25) is 0 Å². The van der Waals surface area contributed by atoms with E-state index in [-0.39, 0.29) is 18.2 Å². The first kappa shape index (κ1) is 18.8. The zero-order chi connectivity index (χ0) is 18.9. The number of aromatic amines is 1. The van der Waals surface area contributed by atoms with Crippen molar-refractivity contribution in [2.45, 2.75) is 33.5 Å².